The molecule has 0 radical (unpaired) electrons. The van der Waals surface area contributed by atoms with E-state index in [0.29, 0.717) is 18.5 Å². The third-order valence-corrected chi connectivity index (χ3v) is 5.42. The number of nitrogens with zero attached hydrogens (tertiary/aromatic N) is 1. The van der Waals surface area contributed by atoms with Crippen molar-refractivity contribution in [1.29, 1.82) is 0 Å². The molecule has 0 saturated heterocycles. The molecule has 0 saturated carbocycles. The Bertz CT molecular complexity index is 369. The zero-order chi connectivity index (χ0) is 14.4. The lowest BCUT2D eigenvalue weighted by atomic mass is 10.3. The van der Waals surface area contributed by atoms with Crippen molar-refractivity contribution in [2.24, 2.45) is 4.99 Å². The topological polar surface area (TPSA) is 70.6 Å². The minimum absolute atomic E-state index is 0.109. The first-order valence-electron chi connectivity index (χ1n) is 6.33. The van der Waals surface area contributed by atoms with E-state index in [4.69, 9.17) is 0 Å². The third kappa shape index (κ3) is 5.71. The van der Waals surface area contributed by atoms with Crippen molar-refractivity contribution < 1.29 is 8.42 Å². The maximum absolute atomic E-state index is 11.9. The Balaban J connectivity index is 4.27. The van der Waals surface area contributed by atoms with Gasteiger partial charge in [-0.1, -0.05) is 6.92 Å². The highest BCUT2D eigenvalue weighted by Gasteiger charge is 2.28. The lowest BCUT2D eigenvalue weighted by Crippen LogP contribution is -2.44. The summed E-state index contributed by atoms with van der Waals surface area (Å²) in [7, 11) is -1.40. The van der Waals surface area contributed by atoms with E-state index in [2.05, 4.69) is 29.5 Å². The van der Waals surface area contributed by atoms with Gasteiger partial charge in [-0.3, -0.25) is 4.99 Å². The highest BCUT2D eigenvalue weighted by Crippen LogP contribution is 2.15. The molecular weight excluding hydrogens is 250 g/mol. The smallest absolute Gasteiger partial charge is 0.191 e. The normalized spacial score (nSPS) is 15.3. The molecule has 0 aromatic rings. The number of rotatable bonds is 5. The summed E-state index contributed by atoms with van der Waals surface area (Å²) in [6.07, 6.45) is 0.987. The summed E-state index contributed by atoms with van der Waals surface area (Å²) >= 11 is 0. The van der Waals surface area contributed by atoms with Crippen LogP contribution in [0, 0.1) is 0 Å². The summed E-state index contributed by atoms with van der Waals surface area (Å²) < 4.78 is 23.1. The van der Waals surface area contributed by atoms with Crippen LogP contribution in [0.15, 0.2) is 4.99 Å². The van der Waals surface area contributed by atoms with Crippen molar-refractivity contribution in [2.75, 3.05) is 19.3 Å². The van der Waals surface area contributed by atoms with E-state index in [1.165, 1.54) is 0 Å². The molecule has 0 bridgehead atoms. The molecule has 0 rings (SSSR count). The number of hydrogen-bond donors (Lipinski definition) is 2. The van der Waals surface area contributed by atoms with Gasteiger partial charge in [-0.05, 0) is 34.1 Å². The van der Waals surface area contributed by atoms with Crippen molar-refractivity contribution >= 4 is 15.8 Å². The summed E-state index contributed by atoms with van der Waals surface area (Å²) in [4.78, 5) is 4.06. The Morgan fingerprint density at radius 3 is 2.28 bits per heavy atom. The van der Waals surface area contributed by atoms with E-state index in [1.807, 2.05) is 0 Å². The van der Waals surface area contributed by atoms with Crippen LogP contribution < -0.4 is 10.6 Å². The Morgan fingerprint density at radius 1 is 1.33 bits per heavy atom. The molecule has 0 aliphatic rings. The SMILES string of the molecule is CCC(C)NC(=NC)NCCS(=O)(=O)C(C)(C)C. The van der Waals surface area contributed by atoms with Gasteiger partial charge in [0.05, 0.1) is 10.5 Å². The fraction of sp³-hybridized carbons (Fsp3) is 0.917. The lowest BCUT2D eigenvalue weighted by Gasteiger charge is -2.20. The molecule has 0 aromatic heterocycles. The fourth-order valence-corrected chi connectivity index (χ4v) is 2.12. The van der Waals surface area contributed by atoms with E-state index in [0.717, 1.165) is 6.42 Å². The predicted octanol–water partition coefficient (Wildman–Crippen LogP) is 1.16. The van der Waals surface area contributed by atoms with Gasteiger partial charge in [-0.2, -0.15) is 0 Å². The Labute approximate surface area is 111 Å². The Hall–Kier alpha value is -0.780. The molecule has 0 amide bonds. The van der Waals surface area contributed by atoms with Crippen molar-refractivity contribution in [2.45, 2.75) is 51.8 Å². The van der Waals surface area contributed by atoms with E-state index in [9.17, 15) is 8.42 Å². The molecular formula is C12H27N3O2S. The van der Waals surface area contributed by atoms with Crippen LogP contribution in [0.25, 0.3) is 0 Å². The predicted molar refractivity (Wildman–Crippen MR) is 77.8 cm³/mol. The standard InChI is InChI=1S/C12H27N3O2S/c1-7-10(2)15-11(13-6)14-8-9-18(16,17)12(3,4)5/h10H,7-9H2,1-6H3,(H2,13,14,15). The van der Waals surface area contributed by atoms with Crippen molar-refractivity contribution in [3.05, 3.63) is 0 Å². The van der Waals surface area contributed by atoms with Crippen LogP contribution in [0.1, 0.15) is 41.0 Å². The molecule has 0 fully saturated rings. The third-order valence-electron chi connectivity index (χ3n) is 2.82. The number of aliphatic imine (C=N–C) groups is 1. The highest BCUT2D eigenvalue weighted by atomic mass is 32.2. The van der Waals surface area contributed by atoms with Gasteiger partial charge in [0.25, 0.3) is 0 Å². The van der Waals surface area contributed by atoms with Crippen LogP contribution in [-0.4, -0.2) is 44.5 Å². The molecule has 0 aliphatic carbocycles. The van der Waals surface area contributed by atoms with Crippen molar-refractivity contribution in [1.82, 2.24) is 10.6 Å². The van der Waals surface area contributed by atoms with Gasteiger partial charge in [0.1, 0.15) is 0 Å². The molecule has 1 atom stereocenters. The molecule has 2 N–H and O–H groups in total. The lowest BCUT2D eigenvalue weighted by molar-refractivity contribution is 0.558. The number of sulfone groups is 1. The number of guanidine groups is 1. The molecule has 0 aliphatic heterocycles. The fourth-order valence-electron chi connectivity index (χ4n) is 1.14. The molecule has 5 nitrogen and oxygen atoms in total. The zero-order valence-corrected chi connectivity index (χ0v) is 13.2. The summed E-state index contributed by atoms with van der Waals surface area (Å²) in [5.74, 6) is 0.756. The van der Waals surface area contributed by atoms with Crippen LogP contribution in [0.3, 0.4) is 0 Å². The Kier molecular flexibility index (Phi) is 6.67. The van der Waals surface area contributed by atoms with E-state index in [1.54, 1.807) is 27.8 Å². The largest absolute Gasteiger partial charge is 0.355 e. The van der Waals surface area contributed by atoms with Crippen molar-refractivity contribution in [3.63, 3.8) is 0 Å². The van der Waals surface area contributed by atoms with Gasteiger partial charge < -0.3 is 10.6 Å². The second-order valence-electron chi connectivity index (χ2n) is 5.38. The minimum atomic E-state index is -3.08. The van der Waals surface area contributed by atoms with Crippen LogP contribution in [0.4, 0.5) is 0 Å². The number of nitrogens with one attached hydrogen (secondary N) is 2. The molecule has 0 aromatic carbocycles. The minimum Gasteiger partial charge on any atom is -0.355 e. The highest BCUT2D eigenvalue weighted by molar-refractivity contribution is 7.92. The second kappa shape index (κ2) is 6.97. The monoisotopic (exact) mass is 277 g/mol. The quantitative estimate of drug-likeness (QED) is 0.584. The average Bonchev–Trinajstić information content (AvgIpc) is 2.25. The summed E-state index contributed by atoms with van der Waals surface area (Å²) in [5, 5.41) is 6.21. The van der Waals surface area contributed by atoms with Gasteiger partial charge in [-0.15, -0.1) is 0 Å². The molecule has 108 valence electrons. The molecule has 18 heavy (non-hydrogen) atoms. The van der Waals surface area contributed by atoms with E-state index >= 15 is 0 Å². The second-order valence-corrected chi connectivity index (χ2v) is 8.25. The van der Waals surface area contributed by atoms with Gasteiger partial charge in [0, 0.05) is 19.6 Å². The van der Waals surface area contributed by atoms with Crippen LogP contribution in [-0.2, 0) is 9.84 Å². The molecule has 0 spiro atoms. The average molecular weight is 277 g/mol. The van der Waals surface area contributed by atoms with Crippen LogP contribution >= 0.6 is 0 Å². The molecule has 6 heteroatoms. The van der Waals surface area contributed by atoms with Gasteiger partial charge in [-0.25, -0.2) is 8.42 Å². The Morgan fingerprint density at radius 2 is 1.89 bits per heavy atom. The molecule has 1 unspecified atom stereocenters. The van der Waals surface area contributed by atoms with Crippen LogP contribution in [0.2, 0.25) is 0 Å². The van der Waals surface area contributed by atoms with E-state index < -0.39 is 14.6 Å². The first kappa shape index (κ1) is 17.2. The van der Waals surface area contributed by atoms with E-state index in [-0.39, 0.29) is 5.75 Å². The summed E-state index contributed by atoms with van der Waals surface area (Å²) in [6, 6.07) is 0.315. The molecule has 0 heterocycles. The first-order chi connectivity index (χ1) is 8.14. The van der Waals surface area contributed by atoms with Gasteiger partial charge in [0.15, 0.2) is 15.8 Å². The summed E-state index contributed by atoms with van der Waals surface area (Å²) in [5.41, 5.74) is 0. The maximum Gasteiger partial charge on any atom is 0.191 e. The van der Waals surface area contributed by atoms with Crippen LogP contribution in [0.5, 0.6) is 0 Å². The zero-order valence-electron chi connectivity index (χ0n) is 12.4. The summed E-state index contributed by atoms with van der Waals surface area (Å²) in [6.45, 7) is 9.65. The number of hydrogen-bond acceptors (Lipinski definition) is 3. The van der Waals surface area contributed by atoms with Gasteiger partial charge >= 0.3 is 0 Å². The first-order valence-corrected chi connectivity index (χ1v) is 7.98. The van der Waals surface area contributed by atoms with Gasteiger partial charge in [0.2, 0.25) is 0 Å². The van der Waals surface area contributed by atoms with Crippen molar-refractivity contribution in [3.8, 4) is 0 Å². The maximum atomic E-state index is 11.9.